The molecule has 0 unspecified atom stereocenters. The van der Waals surface area contributed by atoms with E-state index in [0.717, 1.165) is 12.8 Å². The Morgan fingerprint density at radius 2 is 2.11 bits per heavy atom. The number of rotatable bonds is 5. The molecule has 1 aromatic rings. The van der Waals surface area contributed by atoms with E-state index in [1.807, 2.05) is 13.8 Å². The van der Waals surface area contributed by atoms with E-state index in [0.29, 0.717) is 19.0 Å². The number of carbonyl (C=O) groups is 1. The molecule has 1 fully saturated rings. The van der Waals surface area contributed by atoms with Crippen LogP contribution < -0.4 is 5.32 Å². The van der Waals surface area contributed by atoms with E-state index < -0.39 is 12.0 Å². The molecule has 0 spiro atoms. The Balaban J connectivity index is 2.01. The van der Waals surface area contributed by atoms with Crippen molar-refractivity contribution in [2.45, 2.75) is 38.6 Å². The summed E-state index contributed by atoms with van der Waals surface area (Å²) >= 11 is 0. The zero-order valence-corrected chi connectivity index (χ0v) is 11.1. The quantitative estimate of drug-likeness (QED) is 0.835. The monoisotopic (exact) mass is 269 g/mol. The third-order valence-corrected chi connectivity index (χ3v) is 3.24. The summed E-state index contributed by atoms with van der Waals surface area (Å²) < 4.78 is 10.3. The molecule has 106 valence electrons. The summed E-state index contributed by atoms with van der Waals surface area (Å²) in [5.41, 5.74) is 0. The van der Waals surface area contributed by atoms with Crippen LogP contribution in [0, 0.1) is 5.92 Å². The van der Waals surface area contributed by atoms with Crippen molar-refractivity contribution in [1.29, 1.82) is 0 Å². The zero-order valence-electron chi connectivity index (χ0n) is 11.1. The lowest BCUT2D eigenvalue weighted by Gasteiger charge is -2.18. The molecule has 0 radical (unpaired) electrons. The Morgan fingerprint density at radius 3 is 2.68 bits per heavy atom. The lowest BCUT2D eigenvalue weighted by Crippen LogP contribution is -2.34. The van der Waals surface area contributed by atoms with Crippen molar-refractivity contribution >= 4 is 12.0 Å². The summed E-state index contributed by atoms with van der Waals surface area (Å²) in [7, 11) is 0. The highest BCUT2D eigenvalue weighted by Crippen LogP contribution is 2.25. The first-order valence-corrected chi connectivity index (χ1v) is 6.48. The summed E-state index contributed by atoms with van der Waals surface area (Å²) in [6.45, 7) is 5.04. The number of ether oxygens (including phenoxy) is 1. The van der Waals surface area contributed by atoms with Crippen molar-refractivity contribution in [3.8, 4) is 0 Å². The molecule has 0 amide bonds. The van der Waals surface area contributed by atoms with Gasteiger partial charge in [-0.1, -0.05) is 19.0 Å². The van der Waals surface area contributed by atoms with Crippen molar-refractivity contribution in [1.82, 2.24) is 10.1 Å². The molecule has 1 aliphatic heterocycles. The fourth-order valence-electron chi connectivity index (χ4n) is 2.06. The highest BCUT2D eigenvalue weighted by atomic mass is 16.5. The van der Waals surface area contributed by atoms with Gasteiger partial charge in [-0.25, -0.2) is 4.79 Å². The standard InChI is InChI=1S/C12H19N3O4/c1-7(2)9(11(16)17)13-12-14-10(15-19-12)8-3-5-18-6-4-8/h7-9H,3-6H2,1-2H3,(H,16,17)(H,13,14,15)/t9-/m0/s1. The minimum Gasteiger partial charge on any atom is -0.480 e. The van der Waals surface area contributed by atoms with Gasteiger partial charge in [-0.2, -0.15) is 4.98 Å². The first-order valence-electron chi connectivity index (χ1n) is 6.48. The normalized spacial score (nSPS) is 18.5. The van der Waals surface area contributed by atoms with E-state index >= 15 is 0 Å². The van der Waals surface area contributed by atoms with Gasteiger partial charge in [0.05, 0.1) is 0 Å². The van der Waals surface area contributed by atoms with Gasteiger partial charge in [0.25, 0.3) is 0 Å². The Morgan fingerprint density at radius 1 is 1.42 bits per heavy atom. The molecule has 7 nitrogen and oxygen atoms in total. The molecule has 7 heteroatoms. The minimum atomic E-state index is -0.930. The molecule has 1 atom stereocenters. The minimum absolute atomic E-state index is 0.0732. The highest BCUT2D eigenvalue weighted by Gasteiger charge is 2.25. The number of nitrogens with zero attached hydrogens (tertiary/aromatic N) is 2. The van der Waals surface area contributed by atoms with Gasteiger partial charge in [0.1, 0.15) is 6.04 Å². The summed E-state index contributed by atoms with van der Waals surface area (Å²) in [6, 6.07) is -0.564. The van der Waals surface area contributed by atoms with Crippen LogP contribution in [0.3, 0.4) is 0 Å². The fourth-order valence-corrected chi connectivity index (χ4v) is 2.06. The second kappa shape index (κ2) is 6.01. The second-order valence-electron chi connectivity index (χ2n) is 5.05. The lowest BCUT2D eigenvalue weighted by atomic mass is 10.00. The number of anilines is 1. The molecule has 0 aromatic carbocycles. The van der Waals surface area contributed by atoms with Gasteiger partial charge in [-0.3, -0.25) is 0 Å². The van der Waals surface area contributed by atoms with Gasteiger partial charge in [0.2, 0.25) is 0 Å². The van der Waals surface area contributed by atoms with E-state index in [1.165, 1.54) is 0 Å². The predicted octanol–water partition coefficient (Wildman–Crippen LogP) is 1.48. The molecule has 0 aliphatic carbocycles. The maximum absolute atomic E-state index is 11.1. The summed E-state index contributed by atoms with van der Waals surface area (Å²) in [5.74, 6) is -0.147. The number of aliphatic carboxylic acids is 1. The first kappa shape index (κ1) is 13.8. The van der Waals surface area contributed by atoms with Crippen LogP contribution in [0.4, 0.5) is 6.01 Å². The molecule has 0 saturated carbocycles. The third-order valence-electron chi connectivity index (χ3n) is 3.24. The number of hydrogen-bond acceptors (Lipinski definition) is 6. The van der Waals surface area contributed by atoms with Crippen LogP contribution >= 0.6 is 0 Å². The highest BCUT2D eigenvalue weighted by molar-refractivity contribution is 5.76. The van der Waals surface area contributed by atoms with Crippen molar-refractivity contribution in [2.24, 2.45) is 5.92 Å². The molecule has 19 heavy (non-hydrogen) atoms. The Labute approximate surface area is 111 Å². The molecule has 0 bridgehead atoms. The molecule has 2 N–H and O–H groups in total. The lowest BCUT2D eigenvalue weighted by molar-refractivity contribution is -0.138. The van der Waals surface area contributed by atoms with E-state index in [-0.39, 0.29) is 17.9 Å². The summed E-state index contributed by atoms with van der Waals surface area (Å²) in [4.78, 5) is 15.3. The van der Waals surface area contributed by atoms with Gasteiger partial charge in [-0.15, -0.1) is 0 Å². The van der Waals surface area contributed by atoms with Crippen LogP contribution in [0.15, 0.2) is 4.52 Å². The fraction of sp³-hybridized carbons (Fsp3) is 0.750. The van der Waals surface area contributed by atoms with Gasteiger partial charge in [0.15, 0.2) is 5.82 Å². The zero-order chi connectivity index (χ0) is 13.8. The number of hydrogen-bond donors (Lipinski definition) is 2. The van der Waals surface area contributed by atoms with Crippen LogP contribution in [0.1, 0.15) is 38.4 Å². The van der Waals surface area contributed by atoms with Crippen LogP contribution in [0.2, 0.25) is 0 Å². The van der Waals surface area contributed by atoms with Crippen LogP contribution in [-0.2, 0) is 9.53 Å². The van der Waals surface area contributed by atoms with Gasteiger partial charge in [0, 0.05) is 19.1 Å². The number of nitrogens with one attached hydrogen (secondary N) is 1. The first-order chi connectivity index (χ1) is 9.08. The average Bonchev–Trinajstić information content (AvgIpc) is 2.85. The van der Waals surface area contributed by atoms with Crippen molar-refractivity contribution in [3.05, 3.63) is 5.82 Å². The second-order valence-corrected chi connectivity index (χ2v) is 5.05. The van der Waals surface area contributed by atoms with Crippen molar-refractivity contribution in [2.75, 3.05) is 18.5 Å². The predicted molar refractivity (Wildman–Crippen MR) is 67.0 cm³/mol. The number of aromatic nitrogens is 2. The largest absolute Gasteiger partial charge is 0.480 e. The summed E-state index contributed by atoms with van der Waals surface area (Å²) in [5, 5.41) is 15.8. The van der Waals surface area contributed by atoms with Crippen LogP contribution in [0.5, 0.6) is 0 Å². The molecule has 1 aromatic heterocycles. The summed E-state index contributed by atoms with van der Waals surface area (Å²) in [6.07, 6.45) is 1.73. The van der Waals surface area contributed by atoms with E-state index in [1.54, 1.807) is 0 Å². The molecule has 1 saturated heterocycles. The van der Waals surface area contributed by atoms with Crippen molar-refractivity contribution < 1.29 is 19.2 Å². The maximum Gasteiger partial charge on any atom is 0.326 e. The smallest absolute Gasteiger partial charge is 0.326 e. The van der Waals surface area contributed by atoms with E-state index in [4.69, 9.17) is 14.4 Å². The number of carboxylic acid groups (broad SMARTS) is 1. The Hall–Kier alpha value is -1.63. The SMILES string of the molecule is CC(C)[C@H](Nc1nc(C2CCOCC2)no1)C(=O)O. The molecular weight excluding hydrogens is 250 g/mol. The number of carboxylic acids is 1. The van der Waals surface area contributed by atoms with Crippen molar-refractivity contribution in [3.63, 3.8) is 0 Å². The topological polar surface area (TPSA) is 97.5 Å². The van der Waals surface area contributed by atoms with Crippen LogP contribution in [0.25, 0.3) is 0 Å². The van der Waals surface area contributed by atoms with Gasteiger partial charge >= 0.3 is 12.0 Å². The van der Waals surface area contributed by atoms with E-state index in [2.05, 4.69) is 15.5 Å². The molecule has 2 heterocycles. The third kappa shape index (κ3) is 3.44. The van der Waals surface area contributed by atoms with Gasteiger partial charge < -0.3 is 19.7 Å². The van der Waals surface area contributed by atoms with Crippen LogP contribution in [-0.4, -0.2) is 40.5 Å². The molecular formula is C12H19N3O4. The molecule has 2 rings (SSSR count). The average molecular weight is 269 g/mol. The Bertz CT molecular complexity index is 426. The maximum atomic E-state index is 11.1. The van der Waals surface area contributed by atoms with Gasteiger partial charge in [-0.05, 0) is 18.8 Å². The Kier molecular flexibility index (Phi) is 4.36. The van der Waals surface area contributed by atoms with E-state index in [9.17, 15) is 4.79 Å². The molecule has 1 aliphatic rings.